The number of nitrogens with one attached hydrogen (secondary N) is 1. The second-order valence-corrected chi connectivity index (χ2v) is 9.48. The van der Waals surface area contributed by atoms with Gasteiger partial charge in [-0.2, -0.15) is 13.5 Å². The fraction of sp³-hybridized carbons (Fsp3) is 0.381. The van der Waals surface area contributed by atoms with Crippen molar-refractivity contribution < 1.29 is 22.5 Å². The van der Waals surface area contributed by atoms with Gasteiger partial charge in [0.1, 0.15) is 17.8 Å². The molecule has 4 rings (SSSR count). The number of carbonyl (C=O) groups is 1. The Bertz CT molecular complexity index is 1280. The second-order valence-electron chi connectivity index (χ2n) is 8.25. The van der Waals surface area contributed by atoms with Crippen LogP contribution in [0.1, 0.15) is 40.2 Å². The molecule has 1 fully saturated rings. The second kappa shape index (κ2) is 9.93. The monoisotopic (exact) mass is 487 g/mol. The molecule has 34 heavy (non-hydrogen) atoms. The van der Waals surface area contributed by atoms with Gasteiger partial charge in [-0.05, 0) is 43.5 Å². The molecule has 1 saturated carbocycles. The normalized spacial score (nSPS) is 20.4. The molecule has 0 aliphatic heterocycles. The summed E-state index contributed by atoms with van der Waals surface area (Å²) in [5, 5.41) is 22.7. The summed E-state index contributed by atoms with van der Waals surface area (Å²) in [4.78, 5) is 25.6. The van der Waals surface area contributed by atoms with E-state index in [1.807, 2.05) is 19.1 Å². The zero-order valence-corrected chi connectivity index (χ0v) is 19.2. The van der Waals surface area contributed by atoms with Crippen LogP contribution in [0.25, 0.3) is 0 Å². The van der Waals surface area contributed by atoms with Crippen molar-refractivity contribution in [2.45, 2.75) is 38.5 Å². The van der Waals surface area contributed by atoms with E-state index in [-0.39, 0.29) is 29.7 Å². The predicted molar refractivity (Wildman–Crippen MR) is 121 cm³/mol. The van der Waals surface area contributed by atoms with Crippen molar-refractivity contribution in [1.82, 2.24) is 24.7 Å². The van der Waals surface area contributed by atoms with Crippen LogP contribution in [0.5, 0.6) is 0 Å². The van der Waals surface area contributed by atoms with Gasteiger partial charge in [0.15, 0.2) is 0 Å². The Balaban J connectivity index is 1.44. The highest BCUT2D eigenvalue weighted by Gasteiger charge is 2.34. The number of nitrogens with zero attached hydrogens (tertiary/aromatic N) is 5. The highest BCUT2D eigenvalue weighted by molar-refractivity contribution is 7.84. The minimum Gasteiger partial charge on any atom is -0.393 e. The topological polar surface area (TPSA) is 175 Å². The van der Waals surface area contributed by atoms with Gasteiger partial charge in [0.25, 0.3) is 0 Å². The first-order chi connectivity index (χ1) is 16.2. The Morgan fingerprint density at radius 3 is 2.91 bits per heavy atom. The summed E-state index contributed by atoms with van der Waals surface area (Å²) >= 11 is 0. The molecule has 12 nitrogen and oxygen atoms in total. The van der Waals surface area contributed by atoms with E-state index in [4.69, 9.17) is 5.14 Å². The van der Waals surface area contributed by atoms with E-state index in [1.165, 1.54) is 12.5 Å². The number of ketones is 1. The van der Waals surface area contributed by atoms with Gasteiger partial charge >= 0.3 is 10.3 Å². The van der Waals surface area contributed by atoms with E-state index in [1.54, 1.807) is 23.1 Å². The Morgan fingerprint density at radius 1 is 1.32 bits per heavy atom. The standard InChI is InChI=1S/C21H25N7O5S/c1-13-2-4-24-16(6-13)10-28-5-3-18(27-28)20(30)17-9-23-12-25-21(17)26-15-7-14(19(29)8-15)11-33-34(22,31)32/h2-6,9,12,14-15,19,29H,7-8,10-11H2,1H3,(H2,22,31,32)(H,23,25,26)/t14-,15-,19+/m1/s1. The Morgan fingerprint density at radius 2 is 2.15 bits per heavy atom. The molecule has 0 radical (unpaired) electrons. The van der Waals surface area contributed by atoms with E-state index < -0.39 is 22.3 Å². The maximum Gasteiger partial charge on any atom is 0.333 e. The minimum atomic E-state index is -4.09. The molecule has 0 aromatic carbocycles. The third-order valence-electron chi connectivity index (χ3n) is 5.57. The highest BCUT2D eigenvalue weighted by Crippen LogP contribution is 2.30. The summed E-state index contributed by atoms with van der Waals surface area (Å²) < 4.78 is 28.3. The van der Waals surface area contributed by atoms with Crippen LogP contribution in [0.15, 0.2) is 43.1 Å². The number of rotatable bonds is 9. The zero-order chi connectivity index (χ0) is 24.3. The Hall–Kier alpha value is -3.26. The van der Waals surface area contributed by atoms with Gasteiger partial charge in [0.2, 0.25) is 5.78 Å². The van der Waals surface area contributed by atoms with Crippen LogP contribution in [0, 0.1) is 12.8 Å². The van der Waals surface area contributed by atoms with Crippen LogP contribution in [-0.2, 0) is 21.0 Å². The molecular weight excluding hydrogens is 462 g/mol. The number of aryl methyl sites for hydroxylation is 1. The Labute approximate surface area is 196 Å². The molecule has 3 atom stereocenters. The van der Waals surface area contributed by atoms with Crippen LogP contribution in [-0.4, -0.2) is 62.8 Å². The Kier molecular flexibility index (Phi) is 6.97. The van der Waals surface area contributed by atoms with Crippen molar-refractivity contribution >= 4 is 21.9 Å². The van der Waals surface area contributed by atoms with Gasteiger partial charge in [-0.25, -0.2) is 15.1 Å². The van der Waals surface area contributed by atoms with Gasteiger partial charge in [-0.1, -0.05) is 0 Å². The quantitative estimate of drug-likeness (QED) is 0.359. The number of nitrogens with two attached hydrogens (primary N) is 1. The number of hydrogen-bond acceptors (Lipinski definition) is 10. The number of anilines is 1. The van der Waals surface area contributed by atoms with Crippen LogP contribution in [0.2, 0.25) is 0 Å². The first kappa shape index (κ1) is 23.9. The minimum absolute atomic E-state index is 0.221. The van der Waals surface area contributed by atoms with Gasteiger partial charge in [-0.3, -0.25) is 18.6 Å². The third kappa shape index (κ3) is 5.99. The average molecular weight is 488 g/mol. The largest absolute Gasteiger partial charge is 0.393 e. The lowest BCUT2D eigenvalue weighted by molar-refractivity contribution is 0.101. The maximum atomic E-state index is 13.1. The van der Waals surface area contributed by atoms with E-state index in [0.717, 1.165) is 11.3 Å². The number of aromatic nitrogens is 5. The summed E-state index contributed by atoms with van der Waals surface area (Å²) in [5.41, 5.74) is 2.38. The number of aliphatic hydroxyl groups is 1. The molecule has 0 saturated heterocycles. The maximum absolute atomic E-state index is 13.1. The van der Waals surface area contributed by atoms with Crippen LogP contribution in [0.3, 0.4) is 0 Å². The van der Waals surface area contributed by atoms with Crippen LogP contribution < -0.4 is 10.5 Å². The summed E-state index contributed by atoms with van der Waals surface area (Å²) in [6, 6.07) is 5.22. The van der Waals surface area contributed by atoms with Crippen LogP contribution >= 0.6 is 0 Å². The van der Waals surface area contributed by atoms with E-state index in [0.29, 0.717) is 25.2 Å². The number of aliphatic hydroxyl groups excluding tert-OH is 1. The molecule has 3 heterocycles. The number of hydrogen-bond donors (Lipinski definition) is 3. The van der Waals surface area contributed by atoms with Crippen molar-refractivity contribution in [3.63, 3.8) is 0 Å². The van der Waals surface area contributed by atoms with Crippen LogP contribution in [0.4, 0.5) is 5.82 Å². The molecular formula is C21H25N7O5S. The number of pyridine rings is 1. The predicted octanol–water partition coefficient (Wildman–Crippen LogP) is 0.427. The molecule has 3 aromatic rings. The molecule has 0 spiro atoms. The summed E-state index contributed by atoms with van der Waals surface area (Å²) in [5.74, 6) is -0.477. The van der Waals surface area contributed by atoms with Gasteiger partial charge in [-0.15, -0.1) is 0 Å². The highest BCUT2D eigenvalue weighted by atomic mass is 32.2. The number of carbonyl (C=O) groups excluding carboxylic acids is 1. The molecule has 13 heteroatoms. The van der Waals surface area contributed by atoms with E-state index in [9.17, 15) is 18.3 Å². The van der Waals surface area contributed by atoms with Gasteiger partial charge in [0, 0.05) is 30.6 Å². The fourth-order valence-corrected chi connectivity index (χ4v) is 4.31. The molecule has 4 N–H and O–H groups in total. The van der Waals surface area contributed by atoms with Gasteiger partial charge in [0.05, 0.1) is 30.5 Å². The lowest BCUT2D eigenvalue weighted by atomic mass is 10.1. The molecule has 0 amide bonds. The van der Waals surface area contributed by atoms with E-state index >= 15 is 0 Å². The first-order valence-corrected chi connectivity index (χ1v) is 12.1. The lowest BCUT2D eigenvalue weighted by Gasteiger charge is -2.15. The molecule has 0 unspecified atom stereocenters. The third-order valence-corrected chi connectivity index (χ3v) is 6.04. The van der Waals surface area contributed by atoms with Crippen molar-refractivity contribution in [2.24, 2.45) is 11.1 Å². The molecule has 1 aliphatic carbocycles. The van der Waals surface area contributed by atoms with Crippen molar-refractivity contribution in [3.05, 3.63) is 65.6 Å². The SMILES string of the molecule is Cc1ccnc(Cn2ccc(C(=O)c3cncnc3N[C@@H]3C[C@H](COS(N)(=O)=O)[C@@H](O)C3)n2)c1. The molecule has 3 aromatic heterocycles. The zero-order valence-electron chi connectivity index (χ0n) is 18.4. The fourth-order valence-electron chi connectivity index (χ4n) is 3.95. The summed E-state index contributed by atoms with van der Waals surface area (Å²) in [6.45, 7) is 2.18. The molecule has 180 valence electrons. The van der Waals surface area contributed by atoms with Crippen molar-refractivity contribution in [1.29, 1.82) is 0 Å². The molecule has 1 aliphatic rings. The summed E-state index contributed by atoms with van der Waals surface area (Å²) in [6.07, 6.45) is 6.11. The van der Waals surface area contributed by atoms with Crippen molar-refractivity contribution in [3.8, 4) is 0 Å². The van der Waals surface area contributed by atoms with Crippen molar-refractivity contribution in [2.75, 3.05) is 11.9 Å². The smallest absolute Gasteiger partial charge is 0.333 e. The summed E-state index contributed by atoms with van der Waals surface area (Å²) in [7, 11) is -4.09. The first-order valence-electron chi connectivity index (χ1n) is 10.6. The molecule has 0 bridgehead atoms. The van der Waals surface area contributed by atoms with Gasteiger partial charge < -0.3 is 10.4 Å². The van der Waals surface area contributed by atoms with E-state index in [2.05, 4.69) is 29.6 Å². The average Bonchev–Trinajstić information content (AvgIpc) is 3.38. The lowest BCUT2D eigenvalue weighted by Crippen LogP contribution is -2.24.